The number of nitrogens with one attached hydrogen (secondary N) is 1. The lowest BCUT2D eigenvalue weighted by molar-refractivity contribution is 0.391. The van der Waals surface area contributed by atoms with Gasteiger partial charge in [-0.3, -0.25) is 0 Å². The minimum absolute atomic E-state index is 0.563. The molecule has 0 aliphatic rings. The van der Waals surface area contributed by atoms with E-state index in [2.05, 4.69) is 5.32 Å². The molecule has 1 aromatic carbocycles. The maximum absolute atomic E-state index is 6.22. The van der Waals surface area contributed by atoms with Gasteiger partial charge in [-0.25, -0.2) is 0 Å². The van der Waals surface area contributed by atoms with Gasteiger partial charge in [0.1, 0.15) is 16.5 Å². The van der Waals surface area contributed by atoms with Gasteiger partial charge in [-0.2, -0.15) is 0 Å². The van der Waals surface area contributed by atoms with Crippen molar-refractivity contribution in [2.75, 3.05) is 27.8 Å². The number of ether oxygens (including phenoxy) is 2. The molecule has 0 fully saturated rings. The van der Waals surface area contributed by atoms with Crippen molar-refractivity contribution < 1.29 is 9.47 Å². The number of rotatable bonds is 8. The fourth-order valence-electron chi connectivity index (χ4n) is 1.95. The minimum Gasteiger partial charge on any atom is -0.495 e. The zero-order valence-electron chi connectivity index (χ0n) is 11.4. The summed E-state index contributed by atoms with van der Waals surface area (Å²) < 4.78 is 10.6. The quantitative estimate of drug-likeness (QED) is 0.736. The zero-order chi connectivity index (χ0) is 13.4. The topological polar surface area (TPSA) is 30.5 Å². The predicted octanol–water partition coefficient (Wildman–Crippen LogP) is 3.29. The molecule has 1 aromatic rings. The van der Waals surface area contributed by atoms with Crippen molar-refractivity contribution in [2.45, 2.75) is 25.7 Å². The summed E-state index contributed by atoms with van der Waals surface area (Å²) in [5.74, 6) is 1.40. The molecular formula is C14H22ClNO2. The zero-order valence-corrected chi connectivity index (χ0v) is 12.1. The van der Waals surface area contributed by atoms with E-state index >= 15 is 0 Å². The molecule has 4 heteroatoms. The third kappa shape index (κ3) is 4.07. The van der Waals surface area contributed by atoms with Crippen LogP contribution in [0, 0.1) is 0 Å². The highest BCUT2D eigenvalue weighted by molar-refractivity contribution is 6.33. The van der Waals surface area contributed by atoms with Crippen LogP contribution < -0.4 is 14.8 Å². The van der Waals surface area contributed by atoms with E-state index in [1.165, 1.54) is 12.8 Å². The van der Waals surface area contributed by atoms with Crippen LogP contribution in [-0.4, -0.2) is 27.8 Å². The predicted molar refractivity (Wildman–Crippen MR) is 76.0 cm³/mol. The molecule has 0 unspecified atom stereocenters. The van der Waals surface area contributed by atoms with Crippen molar-refractivity contribution in [1.29, 1.82) is 0 Å². The molecule has 3 nitrogen and oxygen atoms in total. The van der Waals surface area contributed by atoms with Crippen LogP contribution in [-0.2, 0) is 6.42 Å². The highest BCUT2D eigenvalue weighted by Crippen LogP contribution is 2.37. The van der Waals surface area contributed by atoms with E-state index in [0.29, 0.717) is 10.8 Å². The number of hydrogen-bond acceptors (Lipinski definition) is 3. The first-order valence-corrected chi connectivity index (χ1v) is 6.66. The average Bonchev–Trinajstić information content (AvgIpc) is 2.39. The molecule has 0 heterocycles. The lowest BCUT2D eigenvalue weighted by atomic mass is 10.1. The second kappa shape index (κ2) is 8.22. The van der Waals surface area contributed by atoms with Crippen molar-refractivity contribution in [3.8, 4) is 11.5 Å². The monoisotopic (exact) mass is 271 g/mol. The molecule has 0 aliphatic heterocycles. The van der Waals surface area contributed by atoms with Gasteiger partial charge in [0.15, 0.2) is 0 Å². The van der Waals surface area contributed by atoms with Crippen LogP contribution in [0.15, 0.2) is 12.1 Å². The van der Waals surface area contributed by atoms with E-state index in [0.717, 1.165) is 30.7 Å². The Morgan fingerprint density at radius 1 is 1.11 bits per heavy atom. The standard InChI is InChI=1S/C14H22ClNO2/c1-16-10-6-4-5-7-11-8-9-12(17-2)13(15)14(11)18-3/h8-9,16H,4-7,10H2,1-3H3. The number of hydrogen-bond donors (Lipinski definition) is 1. The van der Waals surface area contributed by atoms with Gasteiger partial charge in [0.25, 0.3) is 0 Å². The van der Waals surface area contributed by atoms with Crippen LogP contribution in [0.1, 0.15) is 24.8 Å². The lowest BCUT2D eigenvalue weighted by Crippen LogP contribution is -2.07. The average molecular weight is 272 g/mol. The molecule has 0 saturated carbocycles. The Balaban J connectivity index is 2.62. The SMILES string of the molecule is CNCCCCCc1ccc(OC)c(Cl)c1OC. The van der Waals surface area contributed by atoms with E-state index in [1.54, 1.807) is 14.2 Å². The summed E-state index contributed by atoms with van der Waals surface area (Å²) in [4.78, 5) is 0. The van der Waals surface area contributed by atoms with Crippen LogP contribution in [0.4, 0.5) is 0 Å². The van der Waals surface area contributed by atoms with Crippen LogP contribution >= 0.6 is 11.6 Å². The Morgan fingerprint density at radius 3 is 2.50 bits per heavy atom. The van der Waals surface area contributed by atoms with Crippen molar-refractivity contribution in [3.63, 3.8) is 0 Å². The van der Waals surface area contributed by atoms with Gasteiger partial charge < -0.3 is 14.8 Å². The Morgan fingerprint density at radius 2 is 1.89 bits per heavy atom. The summed E-state index contributed by atoms with van der Waals surface area (Å²) in [5.41, 5.74) is 1.15. The number of aryl methyl sites for hydroxylation is 1. The number of unbranched alkanes of at least 4 members (excludes halogenated alkanes) is 2. The van der Waals surface area contributed by atoms with Gasteiger partial charge in [0.2, 0.25) is 0 Å². The molecule has 102 valence electrons. The molecular weight excluding hydrogens is 250 g/mol. The first-order chi connectivity index (χ1) is 8.74. The molecule has 0 amide bonds. The Kier molecular flexibility index (Phi) is 6.91. The third-order valence-electron chi connectivity index (χ3n) is 2.94. The summed E-state index contributed by atoms with van der Waals surface area (Å²) in [7, 11) is 5.23. The summed E-state index contributed by atoms with van der Waals surface area (Å²) in [5, 5.41) is 3.71. The number of methoxy groups -OCH3 is 2. The highest BCUT2D eigenvalue weighted by atomic mass is 35.5. The van der Waals surface area contributed by atoms with Gasteiger partial charge in [-0.15, -0.1) is 0 Å². The van der Waals surface area contributed by atoms with E-state index in [1.807, 2.05) is 19.2 Å². The summed E-state index contributed by atoms with van der Waals surface area (Å²) in [6, 6.07) is 3.93. The largest absolute Gasteiger partial charge is 0.495 e. The summed E-state index contributed by atoms with van der Waals surface area (Å²) in [6.07, 6.45) is 4.52. The highest BCUT2D eigenvalue weighted by Gasteiger charge is 2.12. The fraction of sp³-hybridized carbons (Fsp3) is 0.571. The summed E-state index contributed by atoms with van der Waals surface area (Å²) in [6.45, 7) is 1.07. The van der Waals surface area contributed by atoms with E-state index in [-0.39, 0.29) is 0 Å². The Labute approximate surface area is 114 Å². The van der Waals surface area contributed by atoms with E-state index in [4.69, 9.17) is 21.1 Å². The number of halogens is 1. The molecule has 0 saturated heterocycles. The third-order valence-corrected chi connectivity index (χ3v) is 3.30. The molecule has 18 heavy (non-hydrogen) atoms. The first kappa shape index (κ1) is 15.1. The van der Waals surface area contributed by atoms with Gasteiger partial charge >= 0.3 is 0 Å². The lowest BCUT2D eigenvalue weighted by Gasteiger charge is -2.13. The van der Waals surface area contributed by atoms with Crippen LogP contribution in [0.3, 0.4) is 0 Å². The van der Waals surface area contributed by atoms with Crippen molar-refractivity contribution in [2.24, 2.45) is 0 Å². The maximum Gasteiger partial charge on any atom is 0.144 e. The summed E-state index contributed by atoms with van der Waals surface area (Å²) >= 11 is 6.22. The second-order valence-electron chi connectivity index (χ2n) is 4.19. The Bertz CT molecular complexity index is 369. The maximum atomic E-state index is 6.22. The molecule has 0 atom stereocenters. The Hall–Kier alpha value is -0.930. The van der Waals surface area contributed by atoms with Crippen molar-refractivity contribution in [3.05, 3.63) is 22.7 Å². The molecule has 0 aliphatic carbocycles. The van der Waals surface area contributed by atoms with Crippen molar-refractivity contribution in [1.82, 2.24) is 5.32 Å². The smallest absolute Gasteiger partial charge is 0.144 e. The van der Waals surface area contributed by atoms with E-state index < -0.39 is 0 Å². The number of benzene rings is 1. The minimum atomic E-state index is 0.563. The second-order valence-corrected chi connectivity index (χ2v) is 4.57. The van der Waals surface area contributed by atoms with Gasteiger partial charge in [0, 0.05) is 0 Å². The molecule has 0 aromatic heterocycles. The van der Waals surface area contributed by atoms with Crippen LogP contribution in [0.5, 0.6) is 11.5 Å². The van der Waals surface area contributed by atoms with Gasteiger partial charge in [-0.05, 0) is 44.5 Å². The van der Waals surface area contributed by atoms with Gasteiger partial charge in [0.05, 0.1) is 14.2 Å². The molecule has 1 rings (SSSR count). The van der Waals surface area contributed by atoms with Gasteiger partial charge in [-0.1, -0.05) is 24.1 Å². The van der Waals surface area contributed by atoms with Crippen LogP contribution in [0.2, 0.25) is 5.02 Å². The molecule has 0 spiro atoms. The van der Waals surface area contributed by atoms with E-state index in [9.17, 15) is 0 Å². The van der Waals surface area contributed by atoms with Crippen LogP contribution in [0.25, 0.3) is 0 Å². The normalized spacial score (nSPS) is 10.4. The fourth-order valence-corrected chi connectivity index (χ4v) is 2.29. The molecule has 1 N–H and O–H groups in total. The molecule has 0 bridgehead atoms. The first-order valence-electron chi connectivity index (χ1n) is 6.28. The molecule has 0 radical (unpaired) electrons. The van der Waals surface area contributed by atoms with Crippen molar-refractivity contribution >= 4 is 11.6 Å².